The first-order chi connectivity index (χ1) is 9.35. The fourth-order valence-corrected chi connectivity index (χ4v) is 1.78. The molecule has 106 valence electrons. The Balaban J connectivity index is 2.17. The Labute approximate surface area is 114 Å². The normalized spacial score (nSPS) is 13.1. The molecule has 0 unspecified atom stereocenters. The molecule has 20 heavy (non-hydrogen) atoms. The summed E-state index contributed by atoms with van der Waals surface area (Å²) in [5, 5.41) is 0. The lowest BCUT2D eigenvalue weighted by Crippen LogP contribution is -2.17. The van der Waals surface area contributed by atoms with Crippen LogP contribution in [0, 0.1) is 6.92 Å². The van der Waals surface area contributed by atoms with Crippen molar-refractivity contribution in [2.75, 3.05) is 0 Å². The summed E-state index contributed by atoms with van der Waals surface area (Å²) >= 11 is 0. The number of aromatic nitrogens is 1. The monoisotopic (exact) mass is 282 g/mol. The van der Waals surface area contributed by atoms with Gasteiger partial charge in [0.15, 0.2) is 0 Å². The summed E-state index contributed by atoms with van der Waals surface area (Å²) in [6, 6.07) is 10.4. The lowest BCUT2D eigenvalue weighted by molar-refractivity contribution is -0.274. The standard InChI is InChI=1S/C14H13F3N2O/c1-9-3-2-4-12(19-9)13(18)10-5-7-11(8-6-10)20-14(15,16)17/h2-8,13H,18H2,1H3/t13-/m0/s1. The fraction of sp³-hybridized carbons (Fsp3) is 0.214. The van der Waals surface area contributed by atoms with Gasteiger partial charge in [0, 0.05) is 5.69 Å². The van der Waals surface area contributed by atoms with E-state index in [2.05, 4.69) is 9.72 Å². The Morgan fingerprint density at radius 3 is 2.30 bits per heavy atom. The molecule has 2 rings (SSSR count). The van der Waals surface area contributed by atoms with Crippen molar-refractivity contribution in [3.8, 4) is 5.75 Å². The van der Waals surface area contributed by atoms with Gasteiger partial charge in [-0.15, -0.1) is 13.2 Å². The van der Waals surface area contributed by atoms with Crippen molar-refractivity contribution < 1.29 is 17.9 Å². The number of aryl methyl sites for hydroxylation is 1. The molecule has 3 nitrogen and oxygen atoms in total. The molecule has 1 heterocycles. The van der Waals surface area contributed by atoms with E-state index in [9.17, 15) is 13.2 Å². The number of halogens is 3. The largest absolute Gasteiger partial charge is 0.573 e. The highest BCUT2D eigenvalue weighted by Crippen LogP contribution is 2.25. The minimum absolute atomic E-state index is 0.273. The Morgan fingerprint density at radius 2 is 1.75 bits per heavy atom. The van der Waals surface area contributed by atoms with Gasteiger partial charge < -0.3 is 10.5 Å². The molecule has 0 aliphatic heterocycles. The first kappa shape index (κ1) is 14.3. The minimum atomic E-state index is -4.69. The number of rotatable bonds is 3. The lowest BCUT2D eigenvalue weighted by atomic mass is 10.0. The van der Waals surface area contributed by atoms with Crippen LogP contribution in [0.3, 0.4) is 0 Å². The molecule has 0 radical (unpaired) electrons. The SMILES string of the molecule is Cc1cccc([C@@H](N)c2ccc(OC(F)(F)F)cc2)n1. The van der Waals surface area contributed by atoms with Crippen LogP contribution in [-0.2, 0) is 0 Å². The number of benzene rings is 1. The molecule has 2 N–H and O–H groups in total. The van der Waals surface area contributed by atoms with E-state index in [1.165, 1.54) is 24.3 Å². The van der Waals surface area contributed by atoms with E-state index < -0.39 is 12.4 Å². The van der Waals surface area contributed by atoms with Gasteiger partial charge in [0.1, 0.15) is 5.75 Å². The molecule has 0 spiro atoms. The van der Waals surface area contributed by atoms with Gasteiger partial charge in [-0.05, 0) is 36.8 Å². The van der Waals surface area contributed by atoms with Crippen LogP contribution in [0.1, 0.15) is 23.0 Å². The van der Waals surface area contributed by atoms with Crippen LogP contribution in [0.2, 0.25) is 0 Å². The van der Waals surface area contributed by atoms with Crippen LogP contribution in [0.4, 0.5) is 13.2 Å². The number of nitrogens with zero attached hydrogens (tertiary/aromatic N) is 1. The van der Waals surface area contributed by atoms with Crippen molar-refractivity contribution in [3.63, 3.8) is 0 Å². The molecule has 1 atom stereocenters. The van der Waals surface area contributed by atoms with Gasteiger partial charge in [0.2, 0.25) is 0 Å². The molecular formula is C14H13F3N2O. The number of nitrogens with two attached hydrogens (primary N) is 1. The van der Waals surface area contributed by atoms with E-state index in [1.807, 2.05) is 19.1 Å². The summed E-state index contributed by atoms with van der Waals surface area (Å²) in [6.07, 6.45) is -4.69. The fourth-order valence-electron chi connectivity index (χ4n) is 1.78. The Hall–Kier alpha value is -2.08. The van der Waals surface area contributed by atoms with Crippen LogP contribution in [0.15, 0.2) is 42.5 Å². The highest BCUT2D eigenvalue weighted by atomic mass is 19.4. The van der Waals surface area contributed by atoms with Crippen LogP contribution in [-0.4, -0.2) is 11.3 Å². The van der Waals surface area contributed by atoms with Crippen molar-refractivity contribution in [1.82, 2.24) is 4.98 Å². The molecule has 6 heteroatoms. The van der Waals surface area contributed by atoms with Crippen molar-refractivity contribution in [2.24, 2.45) is 5.73 Å². The van der Waals surface area contributed by atoms with Crippen LogP contribution < -0.4 is 10.5 Å². The third kappa shape index (κ3) is 3.71. The second-order valence-corrected chi connectivity index (χ2v) is 4.30. The van der Waals surface area contributed by atoms with E-state index in [1.54, 1.807) is 6.07 Å². The molecule has 0 saturated heterocycles. The molecule has 0 fully saturated rings. The second-order valence-electron chi connectivity index (χ2n) is 4.30. The van der Waals surface area contributed by atoms with Gasteiger partial charge in [-0.2, -0.15) is 0 Å². The van der Waals surface area contributed by atoms with E-state index >= 15 is 0 Å². The Bertz CT molecular complexity index is 582. The summed E-state index contributed by atoms with van der Waals surface area (Å²) in [5.74, 6) is -0.273. The number of hydrogen-bond acceptors (Lipinski definition) is 3. The number of alkyl halides is 3. The third-order valence-electron chi connectivity index (χ3n) is 2.70. The van der Waals surface area contributed by atoms with Crippen LogP contribution in [0.25, 0.3) is 0 Å². The maximum absolute atomic E-state index is 12.1. The number of hydrogen-bond donors (Lipinski definition) is 1. The van der Waals surface area contributed by atoms with Gasteiger partial charge in [-0.25, -0.2) is 0 Å². The van der Waals surface area contributed by atoms with Crippen molar-refractivity contribution in [3.05, 3.63) is 59.4 Å². The van der Waals surface area contributed by atoms with Gasteiger partial charge in [0.05, 0.1) is 11.7 Å². The van der Waals surface area contributed by atoms with Crippen LogP contribution >= 0.6 is 0 Å². The van der Waals surface area contributed by atoms with E-state index in [4.69, 9.17) is 5.73 Å². The van der Waals surface area contributed by atoms with Gasteiger partial charge in [-0.3, -0.25) is 4.98 Å². The summed E-state index contributed by atoms with van der Waals surface area (Å²) < 4.78 is 40.0. The maximum atomic E-state index is 12.1. The Morgan fingerprint density at radius 1 is 1.10 bits per heavy atom. The summed E-state index contributed by atoms with van der Waals surface area (Å²) in [4.78, 5) is 4.30. The minimum Gasteiger partial charge on any atom is -0.406 e. The quantitative estimate of drug-likeness (QED) is 0.939. The molecule has 1 aromatic heterocycles. The average molecular weight is 282 g/mol. The molecule has 1 aromatic carbocycles. The smallest absolute Gasteiger partial charge is 0.406 e. The van der Waals surface area contributed by atoms with Gasteiger partial charge in [0.25, 0.3) is 0 Å². The van der Waals surface area contributed by atoms with E-state index in [0.717, 1.165) is 5.69 Å². The average Bonchev–Trinajstić information content (AvgIpc) is 2.37. The highest BCUT2D eigenvalue weighted by molar-refractivity contribution is 5.33. The summed E-state index contributed by atoms with van der Waals surface area (Å²) in [6.45, 7) is 1.84. The first-order valence-corrected chi connectivity index (χ1v) is 5.90. The van der Waals surface area contributed by atoms with Crippen molar-refractivity contribution in [2.45, 2.75) is 19.3 Å². The van der Waals surface area contributed by atoms with Crippen LogP contribution in [0.5, 0.6) is 5.75 Å². The van der Waals surface area contributed by atoms with E-state index in [0.29, 0.717) is 11.3 Å². The first-order valence-electron chi connectivity index (χ1n) is 5.90. The van der Waals surface area contributed by atoms with Crippen molar-refractivity contribution in [1.29, 1.82) is 0 Å². The van der Waals surface area contributed by atoms with Crippen molar-refractivity contribution >= 4 is 0 Å². The molecule has 0 aliphatic carbocycles. The highest BCUT2D eigenvalue weighted by Gasteiger charge is 2.31. The molecule has 2 aromatic rings. The molecule has 0 saturated carbocycles. The third-order valence-corrected chi connectivity index (χ3v) is 2.70. The second kappa shape index (κ2) is 5.50. The Kier molecular flexibility index (Phi) is 3.94. The van der Waals surface area contributed by atoms with Gasteiger partial charge >= 0.3 is 6.36 Å². The topological polar surface area (TPSA) is 48.1 Å². The maximum Gasteiger partial charge on any atom is 0.573 e. The summed E-state index contributed by atoms with van der Waals surface area (Å²) in [5.41, 5.74) is 8.19. The molecule has 0 aliphatic rings. The lowest BCUT2D eigenvalue weighted by Gasteiger charge is -2.13. The zero-order valence-corrected chi connectivity index (χ0v) is 10.7. The number of ether oxygens (including phenoxy) is 1. The summed E-state index contributed by atoms with van der Waals surface area (Å²) in [7, 11) is 0. The predicted molar refractivity (Wildman–Crippen MR) is 68.1 cm³/mol. The zero-order chi connectivity index (χ0) is 14.8. The van der Waals surface area contributed by atoms with Gasteiger partial charge in [-0.1, -0.05) is 18.2 Å². The number of pyridine rings is 1. The zero-order valence-electron chi connectivity index (χ0n) is 10.7. The molecule has 0 bridgehead atoms. The van der Waals surface area contributed by atoms with E-state index in [-0.39, 0.29) is 5.75 Å². The molecular weight excluding hydrogens is 269 g/mol. The predicted octanol–water partition coefficient (Wildman–Crippen LogP) is 3.34. The molecule has 0 amide bonds.